The first kappa shape index (κ1) is 21.4. The van der Waals surface area contributed by atoms with E-state index in [0.29, 0.717) is 13.0 Å². The molecule has 0 spiro atoms. The van der Waals surface area contributed by atoms with Gasteiger partial charge in [-0.1, -0.05) is 73.5 Å². The van der Waals surface area contributed by atoms with E-state index in [1.165, 1.54) is 11.1 Å². The Morgan fingerprint density at radius 1 is 0.966 bits per heavy atom. The average Bonchev–Trinajstić information content (AvgIpc) is 2.73. The monoisotopic (exact) mass is 410 g/mol. The van der Waals surface area contributed by atoms with Crippen molar-refractivity contribution >= 4 is 23.6 Å². The number of aryl methyl sites for hydroxylation is 1. The number of unbranched alkanes of at least 4 members (excludes halogenated alkanes) is 3. The molecule has 1 aliphatic rings. The molecule has 1 unspecified atom stereocenters. The molecule has 5 heteroatoms. The minimum Gasteiger partial charge on any atom is -0.273 e. The molecule has 0 N–H and O–H groups in total. The summed E-state index contributed by atoms with van der Waals surface area (Å²) in [6.07, 6.45) is 5.90. The maximum Gasteiger partial charge on any atom is 0.245 e. The smallest absolute Gasteiger partial charge is 0.245 e. The van der Waals surface area contributed by atoms with Crippen LogP contribution in [0, 0.1) is 0 Å². The zero-order valence-corrected chi connectivity index (χ0v) is 17.9. The molecule has 4 nitrogen and oxygen atoms in total. The molecule has 1 saturated heterocycles. The van der Waals surface area contributed by atoms with Gasteiger partial charge in [-0.25, -0.2) is 5.01 Å². The normalized spacial score (nSPS) is 15.8. The quantitative estimate of drug-likeness (QED) is 0.385. The van der Waals surface area contributed by atoms with E-state index in [1.54, 1.807) is 28.7 Å². The average molecular weight is 411 g/mol. The molecule has 1 fully saturated rings. The molecule has 1 atom stereocenters. The van der Waals surface area contributed by atoms with Crippen molar-refractivity contribution in [3.05, 3.63) is 71.8 Å². The summed E-state index contributed by atoms with van der Waals surface area (Å²) in [5.41, 5.74) is 2.62. The van der Waals surface area contributed by atoms with Crippen LogP contribution >= 0.6 is 11.8 Å². The van der Waals surface area contributed by atoms with Crippen LogP contribution in [0.4, 0.5) is 0 Å². The van der Waals surface area contributed by atoms with Gasteiger partial charge >= 0.3 is 0 Å². The van der Waals surface area contributed by atoms with E-state index in [9.17, 15) is 9.59 Å². The molecule has 1 heterocycles. The molecular weight excluding hydrogens is 380 g/mol. The van der Waals surface area contributed by atoms with Crippen molar-refractivity contribution in [1.29, 1.82) is 0 Å². The molecule has 0 saturated carbocycles. The van der Waals surface area contributed by atoms with Crippen molar-refractivity contribution in [1.82, 2.24) is 10.0 Å². The van der Waals surface area contributed by atoms with Crippen LogP contribution in [-0.4, -0.2) is 33.8 Å². The van der Waals surface area contributed by atoms with E-state index in [4.69, 9.17) is 0 Å². The van der Waals surface area contributed by atoms with E-state index >= 15 is 0 Å². The summed E-state index contributed by atoms with van der Waals surface area (Å²) in [6, 6.07) is 20.8. The van der Waals surface area contributed by atoms with Crippen LogP contribution in [-0.2, 0) is 21.8 Å². The highest BCUT2D eigenvalue weighted by atomic mass is 32.2. The predicted molar refractivity (Wildman–Crippen MR) is 119 cm³/mol. The number of hydrazine groups is 1. The molecule has 0 aromatic heterocycles. The second-order valence-electron chi connectivity index (χ2n) is 7.49. The Labute approximate surface area is 178 Å². The van der Waals surface area contributed by atoms with E-state index in [1.807, 2.05) is 24.3 Å². The van der Waals surface area contributed by atoms with Gasteiger partial charge in [-0.3, -0.25) is 14.6 Å². The largest absolute Gasteiger partial charge is 0.273 e. The SMILES string of the molecule is CC(=O)N(CCCCCCc1ccccc1)N1C(=O)CC1SCc1ccccc1. The lowest BCUT2D eigenvalue weighted by molar-refractivity contribution is -0.177. The van der Waals surface area contributed by atoms with Crippen molar-refractivity contribution in [2.24, 2.45) is 0 Å². The molecule has 0 radical (unpaired) electrons. The Hall–Kier alpha value is -2.27. The lowest BCUT2D eigenvalue weighted by Crippen LogP contribution is -2.61. The Balaban J connectivity index is 1.40. The first-order valence-corrected chi connectivity index (χ1v) is 11.5. The van der Waals surface area contributed by atoms with Crippen molar-refractivity contribution < 1.29 is 9.59 Å². The number of carbonyl (C=O) groups is 2. The molecule has 2 aromatic rings. The lowest BCUT2D eigenvalue weighted by Gasteiger charge is -2.46. The number of amides is 2. The van der Waals surface area contributed by atoms with Gasteiger partial charge in [0.05, 0.1) is 6.42 Å². The summed E-state index contributed by atoms with van der Waals surface area (Å²) in [5.74, 6) is 0.850. The van der Waals surface area contributed by atoms with Gasteiger partial charge in [-0.15, -0.1) is 11.8 Å². The van der Waals surface area contributed by atoms with Gasteiger partial charge in [0, 0.05) is 19.2 Å². The fraction of sp³-hybridized carbons (Fsp3) is 0.417. The van der Waals surface area contributed by atoms with Gasteiger partial charge in [0.25, 0.3) is 0 Å². The molecule has 0 aliphatic carbocycles. The van der Waals surface area contributed by atoms with Gasteiger partial charge in [0.1, 0.15) is 5.37 Å². The summed E-state index contributed by atoms with van der Waals surface area (Å²) in [5, 5.41) is 3.40. The number of β-lactam (4-membered cyclic amide) rings is 1. The van der Waals surface area contributed by atoms with Crippen molar-refractivity contribution in [3.8, 4) is 0 Å². The number of hydrogen-bond donors (Lipinski definition) is 0. The third-order valence-corrected chi connectivity index (χ3v) is 6.47. The molecular formula is C24H30N2O2S. The number of nitrogens with zero attached hydrogens (tertiary/aromatic N) is 2. The second-order valence-corrected chi connectivity index (χ2v) is 8.65. The zero-order valence-electron chi connectivity index (χ0n) is 17.1. The van der Waals surface area contributed by atoms with Crippen LogP contribution in [0.3, 0.4) is 0 Å². The lowest BCUT2D eigenvalue weighted by atomic mass is 10.1. The standard InChI is InChI=1S/C24H30N2O2S/c1-20(27)25(17-11-3-2-6-12-21-13-7-4-8-14-21)26-23(28)18-24(26)29-19-22-15-9-5-10-16-22/h4-5,7-10,13-16,24H,2-3,6,11-12,17-19H2,1H3. The minimum absolute atomic E-state index is 0.0485. The van der Waals surface area contributed by atoms with Gasteiger partial charge in [-0.05, 0) is 30.4 Å². The van der Waals surface area contributed by atoms with Crippen molar-refractivity contribution in [2.45, 2.75) is 56.6 Å². The van der Waals surface area contributed by atoms with E-state index in [2.05, 4.69) is 36.4 Å². The Kier molecular flexibility index (Phi) is 8.17. The minimum atomic E-state index is -0.0485. The highest BCUT2D eigenvalue weighted by Gasteiger charge is 2.41. The fourth-order valence-electron chi connectivity index (χ4n) is 3.57. The molecule has 29 heavy (non-hydrogen) atoms. The summed E-state index contributed by atoms with van der Waals surface area (Å²) in [7, 11) is 0. The Morgan fingerprint density at radius 3 is 2.21 bits per heavy atom. The first-order chi connectivity index (χ1) is 14.1. The van der Waals surface area contributed by atoms with Crippen LogP contribution in [0.15, 0.2) is 60.7 Å². The zero-order chi connectivity index (χ0) is 20.5. The van der Waals surface area contributed by atoms with Crippen LogP contribution in [0.25, 0.3) is 0 Å². The fourth-order valence-corrected chi connectivity index (χ4v) is 4.78. The third-order valence-electron chi connectivity index (χ3n) is 5.21. The van der Waals surface area contributed by atoms with Crippen LogP contribution in [0.5, 0.6) is 0 Å². The van der Waals surface area contributed by atoms with E-state index in [-0.39, 0.29) is 17.2 Å². The second kappa shape index (κ2) is 11.1. The highest BCUT2D eigenvalue weighted by Crippen LogP contribution is 2.33. The number of carbonyl (C=O) groups excluding carboxylic acids is 2. The summed E-state index contributed by atoms with van der Waals surface area (Å²) >= 11 is 1.73. The molecule has 2 aromatic carbocycles. The van der Waals surface area contributed by atoms with Gasteiger partial charge in [0.15, 0.2) is 0 Å². The van der Waals surface area contributed by atoms with Gasteiger partial charge in [-0.2, -0.15) is 0 Å². The van der Waals surface area contributed by atoms with Gasteiger partial charge in [0.2, 0.25) is 11.8 Å². The summed E-state index contributed by atoms with van der Waals surface area (Å²) < 4.78 is 0. The third kappa shape index (κ3) is 6.36. The van der Waals surface area contributed by atoms with Crippen LogP contribution in [0.2, 0.25) is 0 Å². The van der Waals surface area contributed by atoms with Crippen LogP contribution in [0.1, 0.15) is 50.2 Å². The Morgan fingerprint density at radius 2 is 1.59 bits per heavy atom. The number of benzene rings is 2. The molecule has 1 aliphatic heterocycles. The molecule has 2 amide bonds. The van der Waals surface area contributed by atoms with Crippen LogP contribution < -0.4 is 0 Å². The molecule has 3 rings (SSSR count). The number of thioether (sulfide) groups is 1. The van der Waals surface area contributed by atoms with E-state index < -0.39 is 0 Å². The highest BCUT2D eigenvalue weighted by molar-refractivity contribution is 7.99. The maximum atomic E-state index is 12.2. The maximum absolute atomic E-state index is 12.2. The van der Waals surface area contributed by atoms with E-state index in [0.717, 1.165) is 37.9 Å². The summed E-state index contributed by atoms with van der Waals surface area (Å²) in [4.78, 5) is 24.4. The topological polar surface area (TPSA) is 40.6 Å². The summed E-state index contributed by atoms with van der Waals surface area (Å²) in [6.45, 7) is 2.18. The number of rotatable bonds is 11. The Bertz CT molecular complexity index is 782. The molecule has 0 bridgehead atoms. The van der Waals surface area contributed by atoms with Gasteiger partial charge < -0.3 is 0 Å². The van der Waals surface area contributed by atoms with Crippen molar-refractivity contribution in [2.75, 3.05) is 6.54 Å². The first-order valence-electron chi connectivity index (χ1n) is 10.4. The molecule has 154 valence electrons. The number of hydrogen-bond acceptors (Lipinski definition) is 3. The van der Waals surface area contributed by atoms with Crippen molar-refractivity contribution in [3.63, 3.8) is 0 Å². The predicted octanol–water partition coefficient (Wildman–Crippen LogP) is 5.04.